The van der Waals surface area contributed by atoms with Gasteiger partial charge in [0.2, 0.25) is 0 Å². The molecule has 0 spiro atoms. The normalized spacial score (nSPS) is 10.1. The van der Waals surface area contributed by atoms with E-state index in [1.807, 2.05) is 0 Å². The van der Waals surface area contributed by atoms with E-state index in [1.54, 1.807) is 6.07 Å². The van der Waals surface area contributed by atoms with E-state index in [-0.39, 0.29) is 15.4 Å². The minimum absolute atomic E-state index is 0.00129. The second-order valence-electron chi connectivity index (χ2n) is 3.43. The summed E-state index contributed by atoms with van der Waals surface area (Å²) in [5.74, 6) is -1.85. The van der Waals surface area contributed by atoms with Crippen molar-refractivity contribution in [1.29, 1.82) is 5.26 Å². The molecule has 1 nitrogen and oxygen atoms in total. The van der Waals surface area contributed by atoms with Crippen LogP contribution in [0.25, 0.3) is 0 Å². The fourth-order valence-electron chi connectivity index (χ4n) is 1.33. The third kappa shape index (κ3) is 2.66. The zero-order valence-electron chi connectivity index (χ0n) is 8.95. The van der Waals surface area contributed by atoms with Crippen molar-refractivity contribution in [1.82, 2.24) is 0 Å². The molecule has 2 aromatic carbocycles. The van der Waals surface area contributed by atoms with E-state index in [0.29, 0.717) is 0 Å². The predicted molar refractivity (Wildman–Crippen MR) is 61.6 cm³/mol. The van der Waals surface area contributed by atoms with Crippen molar-refractivity contribution in [2.45, 2.75) is 9.79 Å². The van der Waals surface area contributed by atoms with Gasteiger partial charge in [-0.05, 0) is 36.4 Å². The summed E-state index contributed by atoms with van der Waals surface area (Å²) in [4.78, 5) is 0.136. The summed E-state index contributed by atoms with van der Waals surface area (Å²) >= 11 is 0.775. The monoisotopic (exact) mass is 265 g/mol. The summed E-state index contributed by atoms with van der Waals surface area (Å²) < 4.78 is 39.9. The van der Waals surface area contributed by atoms with Crippen LogP contribution in [-0.2, 0) is 0 Å². The van der Waals surface area contributed by atoms with Crippen LogP contribution in [0.15, 0.2) is 46.2 Å². The molecule has 0 unspecified atom stereocenters. The summed E-state index contributed by atoms with van der Waals surface area (Å²) in [6.07, 6.45) is 0. The highest BCUT2D eigenvalue weighted by Gasteiger charge is 2.10. The van der Waals surface area contributed by atoms with Gasteiger partial charge in [0, 0.05) is 4.90 Å². The largest absolute Gasteiger partial charge is 0.207 e. The highest BCUT2D eigenvalue weighted by Crippen LogP contribution is 2.32. The van der Waals surface area contributed by atoms with Crippen LogP contribution >= 0.6 is 11.8 Å². The zero-order chi connectivity index (χ0) is 13.1. The number of halogens is 3. The van der Waals surface area contributed by atoms with E-state index in [4.69, 9.17) is 5.26 Å². The van der Waals surface area contributed by atoms with Crippen molar-refractivity contribution in [3.05, 3.63) is 59.4 Å². The highest BCUT2D eigenvalue weighted by atomic mass is 32.2. The molecule has 2 rings (SSSR count). The predicted octanol–water partition coefficient (Wildman–Crippen LogP) is 4.13. The SMILES string of the molecule is N#Cc1ccc(Sc2cc(F)ccc2F)c(F)c1. The molecule has 90 valence electrons. The van der Waals surface area contributed by atoms with E-state index in [1.165, 1.54) is 12.1 Å². The van der Waals surface area contributed by atoms with Gasteiger partial charge in [-0.15, -0.1) is 0 Å². The Balaban J connectivity index is 2.34. The Labute approximate surface area is 106 Å². The molecule has 0 bridgehead atoms. The fraction of sp³-hybridized carbons (Fsp3) is 0. The molecule has 0 aromatic heterocycles. The number of nitrogens with zero attached hydrogens (tertiary/aromatic N) is 1. The molecule has 0 heterocycles. The van der Waals surface area contributed by atoms with Gasteiger partial charge in [-0.2, -0.15) is 5.26 Å². The Morgan fingerprint density at radius 1 is 0.889 bits per heavy atom. The second kappa shape index (κ2) is 5.15. The molecule has 5 heteroatoms. The standard InChI is InChI=1S/C13H6F3NS/c14-9-2-3-10(15)13(6-9)18-12-4-1-8(7-17)5-11(12)16/h1-6H. The first kappa shape index (κ1) is 12.5. The van der Waals surface area contributed by atoms with Crippen LogP contribution in [0.3, 0.4) is 0 Å². The van der Waals surface area contributed by atoms with Gasteiger partial charge in [0.25, 0.3) is 0 Å². The molecule has 0 aliphatic rings. The topological polar surface area (TPSA) is 23.8 Å². The average Bonchev–Trinajstić information content (AvgIpc) is 2.36. The maximum Gasteiger partial charge on any atom is 0.138 e. The molecule has 18 heavy (non-hydrogen) atoms. The summed E-state index contributed by atoms with van der Waals surface area (Å²) in [7, 11) is 0. The van der Waals surface area contributed by atoms with E-state index in [0.717, 1.165) is 36.0 Å². The number of hydrogen-bond acceptors (Lipinski definition) is 2. The summed E-state index contributed by atoms with van der Waals surface area (Å²) in [5.41, 5.74) is 0.177. The van der Waals surface area contributed by atoms with Gasteiger partial charge in [0.15, 0.2) is 0 Å². The Kier molecular flexibility index (Phi) is 3.58. The Morgan fingerprint density at radius 3 is 2.33 bits per heavy atom. The van der Waals surface area contributed by atoms with Gasteiger partial charge in [-0.1, -0.05) is 11.8 Å². The molecule has 0 saturated carbocycles. The summed E-state index contributed by atoms with van der Waals surface area (Å²) in [6.45, 7) is 0. The van der Waals surface area contributed by atoms with Crippen LogP contribution in [0.2, 0.25) is 0 Å². The van der Waals surface area contributed by atoms with Gasteiger partial charge in [-0.25, -0.2) is 13.2 Å². The Hall–Kier alpha value is -1.93. The molecule has 0 atom stereocenters. The summed E-state index contributed by atoms with van der Waals surface area (Å²) in [5, 5.41) is 8.59. The van der Waals surface area contributed by atoms with Crippen LogP contribution in [-0.4, -0.2) is 0 Å². The van der Waals surface area contributed by atoms with Gasteiger partial charge in [-0.3, -0.25) is 0 Å². The molecule has 0 fully saturated rings. The van der Waals surface area contributed by atoms with Crippen LogP contribution in [0.1, 0.15) is 5.56 Å². The van der Waals surface area contributed by atoms with Crippen LogP contribution in [0.5, 0.6) is 0 Å². The van der Waals surface area contributed by atoms with Crippen molar-refractivity contribution in [3.63, 3.8) is 0 Å². The lowest BCUT2D eigenvalue weighted by molar-refractivity contribution is 0.575. The minimum Gasteiger partial charge on any atom is -0.207 e. The van der Waals surface area contributed by atoms with Crippen LogP contribution in [0.4, 0.5) is 13.2 Å². The maximum absolute atomic E-state index is 13.6. The smallest absolute Gasteiger partial charge is 0.138 e. The number of benzene rings is 2. The maximum atomic E-state index is 13.6. The van der Waals surface area contributed by atoms with Crippen molar-refractivity contribution >= 4 is 11.8 Å². The van der Waals surface area contributed by atoms with Crippen molar-refractivity contribution in [2.75, 3.05) is 0 Å². The van der Waals surface area contributed by atoms with Gasteiger partial charge < -0.3 is 0 Å². The number of rotatable bonds is 2. The summed E-state index contributed by atoms with van der Waals surface area (Å²) in [6, 6.07) is 8.61. The average molecular weight is 265 g/mol. The second-order valence-corrected chi connectivity index (χ2v) is 4.52. The molecule has 2 aromatic rings. The first-order valence-corrected chi connectivity index (χ1v) is 5.74. The molecule has 0 N–H and O–H groups in total. The first-order valence-electron chi connectivity index (χ1n) is 4.92. The lowest BCUT2D eigenvalue weighted by Gasteiger charge is -2.04. The van der Waals surface area contributed by atoms with Crippen molar-refractivity contribution in [3.8, 4) is 6.07 Å². The molecule has 0 radical (unpaired) electrons. The van der Waals surface area contributed by atoms with Gasteiger partial charge in [0.1, 0.15) is 17.5 Å². The fourth-order valence-corrected chi connectivity index (χ4v) is 2.19. The third-order valence-electron chi connectivity index (χ3n) is 2.17. The lowest BCUT2D eigenvalue weighted by Crippen LogP contribution is -1.87. The minimum atomic E-state index is -0.636. The Morgan fingerprint density at radius 2 is 1.67 bits per heavy atom. The number of hydrogen-bond donors (Lipinski definition) is 0. The lowest BCUT2D eigenvalue weighted by atomic mass is 10.2. The first-order chi connectivity index (χ1) is 8.60. The zero-order valence-corrected chi connectivity index (χ0v) is 9.77. The molecule has 0 amide bonds. The molecular formula is C13H6F3NS. The van der Waals surface area contributed by atoms with Gasteiger partial charge in [0.05, 0.1) is 16.5 Å². The van der Waals surface area contributed by atoms with E-state index >= 15 is 0 Å². The quantitative estimate of drug-likeness (QED) is 0.815. The van der Waals surface area contributed by atoms with Crippen LogP contribution < -0.4 is 0 Å². The molecular weight excluding hydrogens is 259 g/mol. The van der Waals surface area contributed by atoms with E-state index < -0.39 is 17.5 Å². The van der Waals surface area contributed by atoms with E-state index in [2.05, 4.69) is 0 Å². The van der Waals surface area contributed by atoms with Crippen LogP contribution in [0, 0.1) is 28.8 Å². The van der Waals surface area contributed by atoms with Crippen molar-refractivity contribution in [2.24, 2.45) is 0 Å². The van der Waals surface area contributed by atoms with Gasteiger partial charge >= 0.3 is 0 Å². The Bertz CT molecular complexity index is 635. The third-order valence-corrected chi connectivity index (χ3v) is 3.26. The number of nitriles is 1. The highest BCUT2D eigenvalue weighted by molar-refractivity contribution is 7.99. The molecule has 0 aliphatic carbocycles. The van der Waals surface area contributed by atoms with Crippen molar-refractivity contribution < 1.29 is 13.2 Å². The van der Waals surface area contributed by atoms with E-state index in [9.17, 15) is 13.2 Å². The molecule has 0 saturated heterocycles. The molecule has 0 aliphatic heterocycles.